The lowest BCUT2D eigenvalue weighted by molar-refractivity contribution is -0.112. The minimum absolute atomic E-state index is 0.0862. The molecule has 0 fully saturated rings. The van der Waals surface area contributed by atoms with Gasteiger partial charge in [-0.05, 0) is 42.3 Å². The summed E-state index contributed by atoms with van der Waals surface area (Å²) in [5.41, 5.74) is 1.09. The van der Waals surface area contributed by atoms with Crippen LogP contribution in [0.2, 0.25) is 0 Å². The molecule has 0 atom stereocenters. The SMILES string of the molecule is CCCOc1ccc(C=C(C#N)C(=O)Nc2ccccc2C(=O)OC)cc1. The van der Waals surface area contributed by atoms with Crippen LogP contribution in [0.15, 0.2) is 54.1 Å². The van der Waals surface area contributed by atoms with Crippen LogP contribution in [0.5, 0.6) is 5.75 Å². The van der Waals surface area contributed by atoms with E-state index >= 15 is 0 Å². The minimum atomic E-state index is -0.611. The summed E-state index contributed by atoms with van der Waals surface area (Å²) in [5, 5.41) is 11.9. The molecule has 2 aromatic rings. The molecule has 0 saturated carbocycles. The van der Waals surface area contributed by atoms with E-state index in [-0.39, 0.29) is 16.8 Å². The van der Waals surface area contributed by atoms with Crippen LogP contribution in [-0.4, -0.2) is 25.6 Å². The van der Waals surface area contributed by atoms with E-state index in [1.54, 1.807) is 42.5 Å². The minimum Gasteiger partial charge on any atom is -0.494 e. The number of methoxy groups -OCH3 is 1. The Labute approximate surface area is 158 Å². The molecular weight excluding hydrogens is 344 g/mol. The highest BCUT2D eigenvalue weighted by Crippen LogP contribution is 2.18. The normalized spacial score (nSPS) is 10.6. The van der Waals surface area contributed by atoms with Gasteiger partial charge < -0.3 is 14.8 Å². The molecular formula is C21H20N2O4. The molecule has 0 aliphatic rings. The topological polar surface area (TPSA) is 88.4 Å². The van der Waals surface area contributed by atoms with Crippen molar-refractivity contribution in [2.75, 3.05) is 19.0 Å². The molecule has 2 aromatic carbocycles. The van der Waals surface area contributed by atoms with E-state index < -0.39 is 11.9 Å². The van der Waals surface area contributed by atoms with Gasteiger partial charge in [0.15, 0.2) is 0 Å². The summed E-state index contributed by atoms with van der Waals surface area (Å²) in [4.78, 5) is 24.2. The van der Waals surface area contributed by atoms with Crippen LogP contribution in [0.1, 0.15) is 29.3 Å². The van der Waals surface area contributed by atoms with Gasteiger partial charge in [0, 0.05) is 0 Å². The van der Waals surface area contributed by atoms with Crippen molar-refractivity contribution in [1.82, 2.24) is 0 Å². The van der Waals surface area contributed by atoms with Gasteiger partial charge in [-0.25, -0.2) is 4.79 Å². The first-order valence-corrected chi connectivity index (χ1v) is 8.42. The molecule has 0 saturated heterocycles. The molecule has 1 N–H and O–H groups in total. The summed E-state index contributed by atoms with van der Waals surface area (Å²) in [6, 6.07) is 15.4. The number of nitriles is 1. The van der Waals surface area contributed by atoms with E-state index in [0.717, 1.165) is 12.2 Å². The van der Waals surface area contributed by atoms with Crippen molar-refractivity contribution in [3.8, 4) is 11.8 Å². The number of anilines is 1. The molecule has 0 spiro atoms. The van der Waals surface area contributed by atoms with Gasteiger partial charge in [-0.2, -0.15) is 5.26 Å². The van der Waals surface area contributed by atoms with Crippen LogP contribution < -0.4 is 10.1 Å². The number of para-hydroxylation sites is 1. The van der Waals surface area contributed by atoms with Gasteiger partial charge in [-0.3, -0.25) is 4.79 Å². The van der Waals surface area contributed by atoms with Crippen LogP contribution in [-0.2, 0) is 9.53 Å². The lowest BCUT2D eigenvalue weighted by atomic mass is 10.1. The lowest BCUT2D eigenvalue weighted by Gasteiger charge is -2.09. The second-order valence-corrected chi connectivity index (χ2v) is 5.58. The van der Waals surface area contributed by atoms with Crippen molar-refractivity contribution < 1.29 is 19.1 Å². The van der Waals surface area contributed by atoms with Crippen molar-refractivity contribution in [3.05, 3.63) is 65.2 Å². The standard InChI is InChI=1S/C21H20N2O4/c1-3-12-27-17-10-8-15(9-11-17)13-16(14-22)20(24)23-19-7-5-4-6-18(19)21(25)26-2/h4-11,13H,3,12H2,1-2H3,(H,23,24). The Bertz CT molecular complexity index is 880. The van der Waals surface area contributed by atoms with E-state index in [2.05, 4.69) is 5.32 Å². The zero-order chi connectivity index (χ0) is 19.6. The molecule has 1 amide bonds. The van der Waals surface area contributed by atoms with Crippen LogP contribution in [0.25, 0.3) is 6.08 Å². The third-order valence-electron chi connectivity index (χ3n) is 3.61. The molecule has 0 aliphatic carbocycles. The van der Waals surface area contributed by atoms with Crippen LogP contribution in [0, 0.1) is 11.3 Å². The zero-order valence-electron chi connectivity index (χ0n) is 15.2. The van der Waals surface area contributed by atoms with Gasteiger partial charge in [0.05, 0.1) is 25.0 Å². The highest BCUT2D eigenvalue weighted by atomic mass is 16.5. The third kappa shape index (κ3) is 5.44. The molecule has 6 heteroatoms. The van der Waals surface area contributed by atoms with Gasteiger partial charge >= 0.3 is 5.97 Å². The highest BCUT2D eigenvalue weighted by Gasteiger charge is 2.15. The summed E-state index contributed by atoms with van der Waals surface area (Å²) < 4.78 is 10.2. The number of rotatable bonds is 7. The fourth-order valence-electron chi connectivity index (χ4n) is 2.27. The molecule has 6 nitrogen and oxygen atoms in total. The van der Waals surface area contributed by atoms with E-state index in [1.165, 1.54) is 19.3 Å². The Balaban J connectivity index is 2.18. The van der Waals surface area contributed by atoms with Crippen molar-refractivity contribution in [3.63, 3.8) is 0 Å². The summed E-state index contributed by atoms with van der Waals surface area (Å²) in [6.45, 7) is 2.65. The number of esters is 1. The van der Waals surface area contributed by atoms with Crippen molar-refractivity contribution in [2.24, 2.45) is 0 Å². The molecule has 0 aliphatic heterocycles. The Kier molecular flexibility index (Phi) is 7.15. The Morgan fingerprint density at radius 2 is 1.85 bits per heavy atom. The molecule has 0 unspecified atom stereocenters. The molecule has 0 bridgehead atoms. The maximum absolute atomic E-state index is 12.4. The second kappa shape index (κ2) is 9.78. The quantitative estimate of drug-likeness (QED) is 0.458. The smallest absolute Gasteiger partial charge is 0.339 e. The van der Waals surface area contributed by atoms with Gasteiger partial charge in [-0.15, -0.1) is 0 Å². The number of nitrogens with one attached hydrogen (secondary N) is 1. The van der Waals surface area contributed by atoms with Gasteiger partial charge in [-0.1, -0.05) is 31.2 Å². The summed E-state index contributed by atoms with van der Waals surface area (Å²) >= 11 is 0. The fraction of sp³-hybridized carbons (Fsp3) is 0.190. The zero-order valence-corrected chi connectivity index (χ0v) is 15.2. The highest BCUT2D eigenvalue weighted by molar-refractivity contribution is 6.11. The summed E-state index contributed by atoms with van der Waals surface area (Å²) in [6.07, 6.45) is 2.38. The molecule has 0 heterocycles. The number of carbonyl (C=O) groups excluding carboxylic acids is 2. The number of nitrogens with zero attached hydrogens (tertiary/aromatic N) is 1. The largest absolute Gasteiger partial charge is 0.494 e. The van der Waals surface area contributed by atoms with Crippen molar-refractivity contribution in [1.29, 1.82) is 5.26 Å². The fourth-order valence-corrected chi connectivity index (χ4v) is 2.27. The van der Waals surface area contributed by atoms with Gasteiger partial charge in [0.2, 0.25) is 0 Å². The van der Waals surface area contributed by atoms with Crippen LogP contribution in [0.3, 0.4) is 0 Å². The van der Waals surface area contributed by atoms with E-state index in [0.29, 0.717) is 12.2 Å². The Morgan fingerprint density at radius 1 is 1.15 bits per heavy atom. The predicted molar refractivity (Wildman–Crippen MR) is 102 cm³/mol. The Morgan fingerprint density at radius 3 is 2.48 bits per heavy atom. The average Bonchev–Trinajstić information content (AvgIpc) is 2.71. The second-order valence-electron chi connectivity index (χ2n) is 5.58. The maximum Gasteiger partial charge on any atom is 0.339 e. The number of amides is 1. The first-order valence-electron chi connectivity index (χ1n) is 8.42. The number of hydrogen-bond acceptors (Lipinski definition) is 5. The third-order valence-corrected chi connectivity index (χ3v) is 3.61. The number of hydrogen-bond donors (Lipinski definition) is 1. The van der Waals surface area contributed by atoms with Gasteiger partial charge in [0.25, 0.3) is 5.91 Å². The van der Waals surface area contributed by atoms with E-state index in [4.69, 9.17) is 9.47 Å². The first kappa shape index (κ1) is 19.7. The Hall–Kier alpha value is -3.59. The van der Waals surface area contributed by atoms with Crippen molar-refractivity contribution >= 4 is 23.6 Å². The lowest BCUT2D eigenvalue weighted by Crippen LogP contribution is -2.16. The molecule has 2 rings (SSSR count). The van der Waals surface area contributed by atoms with Crippen molar-refractivity contribution in [2.45, 2.75) is 13.3 Å². The first-order chi connectivity index (χ1) is 13.1. The number of carbonyl (C=O) groups is 2. The molecule has 0 aromatic heterocycles. The maximum atomic E-state index is 12.4. The summed E-state index contributed by atoms with van der Waals surface area (Å²) in [7, 11) is 1.26. The van der Waals surface area contributed by atoms with E-state index in [1.807, 2.05) is 13.0 Å². The molecule has 27 heavy (non-hydrogen) atoms. The van der Waals surface area contributed by atoms with Gasteiger partial charge in [0.1, 0.15) is 17.4 Å². The average molecular weight is 364 g/mol. The number of benzene rings is 2. The number of ether oxygens (including phenoxy) is 2. The predicted octanol–water partition coefficient (Wildman–Crippen LogP) is 3.81. The van der Waals surface area contributed by atoms with Crippen LogP contribution in [0.4, 0.5) is 5.69 Å². The van der Waals surface area contributed by atoms with E-state index in [9.17, 15) is 14.9 Å². The van der Waals surface area contributed by atoms with Crippen LogP contribution >= 0.6 is 0 Å². The molecule has 0 radical (unpaired) electrons. The monoisotopic (exact) mass is 364 g/mol. The molecule has 138 valence electrons. The summed E-state index contributed by atoms with van der Waals surface area (Å²) in [5.74, 6) is -0.458.